The molecule has 0 bridgehead atoms. The Morgan fingerprint density at radius 2 is 1.74 bits per heavy atom. The van der Waals surface area contributed by atoms with E-state index in [9.17, 15) is 9.59 Å². The van der Waals surface area contributed by atoms with E-state index in [-0.39, 0.29) is 19.0 Å². The Labute approximate surface area is 157 Å². The van der Waals surface area contributed by atoms with Gasteiger partial charge in [0.25, 0.3) is 0 Å². The highest BCUT2D eigenvalue weighted by Gasteiger charge is 2.16. The van der Waals surface area contributed by atoms with E-state index >= 15 is 0 Å². The average Bonchev–Trinajstić information content (AvgIpc) is 2.87. The lowest BCUT2D eigenvalue weighted by Crippen LogP contribution is -2.36. The van der Waals surface area contributed by atoms with E-state index in [4.69, 9.17) is 14.6 Å². The number of carbonyl (C=O) groups excluding carboxylic acids is 1. The number of carbonyl (C=O) groups is 2. The molecule has 142 valence electrons. The van der Waals surface area contributed by atoms with Crippen LogP contribution in [0.5, 0.6) is 11.5 Å². The number of nitrogens with one attached hydrogen (secondary N) is 1. The van der Waals surface area contributed by atoms with E-state index < -0.39 is 5.97 Å². The van der Waals surface area contributed by atoms with Gasteiger partial charge < -0.3 is 19.9 Å². The molecule has 2 N–H and O–H groups in total. The van der Waals surface area contributed by atoms with Crippen LogP contribution in [0.3, 0.4) is 0 Å². The largest absolute Gasteiger partial charge is 0.490 e. The van der Waals surface area contributed by atoms with Crippen molar-refractivity contribution in [2.45, 2.75) is 13.0 Å². The summed E-state index contributed by atoms with van der Waals surface area (Å²) in [5.41, 5.74) is 1.53. The Balaban J connectivity index is 1.63. The van der Waals surface area contributed by atoms with E-state index in [1.54, 1.807) is 23.1 Å². The minimum Gasteiger partial charge on any atom is -0.490 e. The summed E-state index contributed by atoms with van der Waals surface area (Å²) in [4.78, 5) is 25.1. The fourth-order valence-electron chi connectivity index (χ4n) is 2.85. The van der Waals surface area contributed by atoms with Gasteiger partial charge in [0.1, 0.15) is 0 Å². The molecule has 0 atom stereocenters. The molecule has 1 aliphatic heterocycles. The monoisotopic (exact) mass is 370 g/mol. The lowest BCUT2D eigenvalue weighted by atomic mass is 10.2. The zero-order valence-electron chi connectivity index (χ0n) is 14.9. The number of carboxylic acids is 1. The van der Waals surface area contributed by atoms with Crippen molar-refractivity contribution in [1.82, 2.24) is 4.90 Å². The number of hydrogen-bond donors (Lipinski definition) is 2. The standard InChI is InChI=1S/C20H22N2O5/c23-19(13-22(14-20(24)25)12-15-5-2-1-3-6-15)21-16-7-8-17-18(11-16)27-10-4-9-26-17/h1-3,5-8,11H,4,9-10,12-14H2,(H,21,23)(H,24,25). The van der Waals surface area contributed by atoms with Crippen LogP contribution in [0.4, 0.5) is 5.69 Å². The van der Waals surface area contributed by atoms with Crippen LogP contribution in [-0.2, 0) is 16.1 Å². The molecule has 7 heteroatoms. The number of rotatable bonds is 7. The zero-order chi connectivity index (χ0) is 19.1. The van der Waals surface area contributed by atoms with Crippen molar-refractivity contribution < 1.29 is 24.2 Å². The lowest BCUT2D eigenvalue weighted by Gasteiger charge is -2.20. The molecular formula is C20H22N2O5. The summed E-state index contributed by atoms with van der Waals surface area (Å²) >= 11 is 0. The van der Waals surface area contributed by atoms with Gasteiger partial charge in [0.2, 0.25) is 5.91 Å². The predicted octanol–water partition coefficient (Wildman–Crippen LogP) is 2.37. The number of ether oxygens (including phenoxy) is 2. The van der Waals surface area contributed by atoms with E-state index in [1.807, 2.05) is 30.3 Å². The van der Waals surface area contributed by atoms with Gasteiger partial charge in [0.05, 0.1) is 26.3 Å². The minimum atomic E-state index is -0.977. The van der Waals surface area contributed by atoms with Crippen molar-refractivity contribution in [3.8, 4) is 11.5 Å². The number of hydrogen-bond acceptors (Lipinski definition) is 5. The second-order valence-electron chi connectivity index (χ2n) is 6.28. The van der Waals surface area contributed by atoms with Gasteiger partial charge in [-0.2, -0.15) is 0 Å². The smallest absolute Gasteiger partial charge is 0.317 e. The third kappa shape index (κ3) is 5.72. The molecule has 2 aromatic carbocycles. The highest BCUT2D eigenvalue weighted by Crippen LogP contribution is 2.32. The first-order valence-electron chi connectivity index (χ1n) is 8.78. The third-order valence-corrected chi connectivity index (χ3v) is 4.01. The molecule has 0 aliphatic carbocycles. The number of amides is 1. The van der Waals surface area contributed by atoms with Gasteiger partial charge in [-0.3, -0.25) is 14.5 Å². The summed E-state index contributed by atoms with van der Waals surface area (Å²) < 4.78 is 11.2. The lowest BCUT2D eigenvalue weighted by molar-refractivity contribution is -0.138. The SMILES string of the molecule is O=C(O)CN(CC(=O)Nc1ccc2c(c1)OCCCO2)Cc1ccccc1. The highest BCUT2D eigenvalue weighted by molar-refractivity contribution is 5.92. The van der Waals surface area contributed by atoms with Crippen molar-refractivity contribution in [3.63, 3.8) is 0 Å². The zero-order valence-corrected chi connectivity index (χ0v) is 14.9. The minimum absolute atomic E-state index is 0.0321. The maximum atomic E-state index is 12.4. The molecule has 1 heterocycles. The summed E-state index contributed by atoms with van der Waals surface area (Å²) in [7, 11) is 0. The van der Waals surface area contributed by atoms with Crippen molar-refractivity contribution in [3.05, 3.63) is 54.1 Å². The molecule has 7 nitrogen and oxygen atoms in total. The van der Waals surface area contributed by atoms with Gasteiger partial charge in [-0.25, -0.2) is 0 Å². The Morgan fingerprint density at radius 1 is 1.00 bits per heavy atom. The van der Waals surface area contributed by atoms with Crippen LogP contribution in [0.2, 0.25) is 0 Å². The molecular weight excluding hydrogens is 348 g/mol. The molecule has 2 aromatic rings. The molecule has 27 heavy (non-hydrogen) atoms. The predicted molar refractivity (Wildman–Crippen MR) is 100 cm³/mol. The molecule has 0 radical (unpaired) electrons. The first-order valence-corrected chi connectivity index (χ1v) is 8.78. The van der Waals surface area contributed by atoms with Crippen LogP contribution in [-0.4, -0.2) is 48.2 Å². The number of anilines is 1. The van der Waals surface area contributed by atoms with Crippen molar-refractivity contribution in [2.75, 3.05) is 31.6 Å². The summed E-state index contributed by atoms with van der Waals surface area (Å²) in [5.74, 6) is -0.0185. The number of fused-ring (bicyclic) bond motifs is 1. The fourth-order valence-corrected chi connectivity index (χ4v) is 2.85. The van der Waals surface area contributed by atoms with Crippen LogP contribution < -0.4 is 14.8 Å². The quantitative estimate of drug-likeness (QED) is 0.778. The third-order valence-electron chi connectivity index (χ3n) is 4.01. The van der Waals surface area contributed by atoms with Crippen LogP contribution in [0, 0.1) is 0 Å². The van der Waals surface area contributed by atoms with Gasteiger partial charge in [-0.15, -0.1) is 0 Å². The fraction of sp³-hybridized carbons (Fsp3) is 0.300. The van der Waals surface area contributed by atoms with E-state index in [2.05, 4.69) is 5.32 Å². The number of carboxylic acid groups (broad SMARTS) is 1. The Kier molecular flexibility index (Phi) is 6.27. The summed E-state index contributed by atoms with van der Waals surface area (Å²) in [6.45, 7) is 1.29. The van der Waals surface area contributed by atoms with Gasteiger partial charge in [0.15, 0.2) is 11.5 Å². The molecule has 0 saturated heterocycles. The number of nitrogens with zero attached hydrogens (tertiary/aromatic N) is 1. The van der Waals surface area contributed by atoms with Gasteiger partial charge in [-0.1, -0.05) is 30.3 Å². The normalized spacial score (nSPS) is 13.1. The Morgan fingerprint density at radius 3 is 2.48 bits per heavy atom. The highest BCUT2D eigenvalue weighted by atomic mass is 16.5. The number of aliphatic carboxylic acids is 1. The van der Waals surface area contributed by atoms with Crippen LogP contribution >= 0.6 is 0 Å². The first-order chi connectivity index (χ1) is 13.1. The topological polar surface area (TPSA) is 88.1 Å². The molecule has 1 aliphatic rings. The van der Waals surface area contributed by atoms with Crippen molar-refractivity contribution in [1.29, 1.82) is 0 Å². The van der Waals surface area contributed by atoms with Gasteiger partial charge in [-0.05, 0) is 17.7 Å². The van der Waals surface area contributed by atoms with E-state index in [1.165, 1.54) is 0 Å². The Hall–Kier alpha value is -3.06. The second-order valence-corrected chi connectivity index (χ2v) is 6.28. The van der Waals surface area contributed by atoms with E-state index in [0.29, 0.717) is 36.9 Å². The molecule has 0 fully saturated rings. The van der Waals surface area contributed by atoms with Gasteiger partial charge >= 0.3 is 5.97 Å². The maximum Gasteiger partial charge on any atom is 0.317 e. The van der Waals surface area contributed by atoms with Gasteiger partial charge in [0, 0.05) is 24.7 Å². The van der Waals surface area contributed by atoms with Crippen molar-refractivity contribution >= 4 is 17.6 Å². The molecule has 0 spiro atoms. The molecule has 0 aromatic heterocycles. The first kappa shape index (κ1) is 18.7. The maximum absolute atomic E-state index is 12.4. The second kappa shape index (κ2) is 9.05. The number of benzene rings is 2. The average molecular weight is 370 g/mol. The Bertz CT molecular complexity index is 794. The summed E-state index contributed by atoms with van der Waals surface area (Å²) in [6.07, 6.45) is 0.806. The van der Waals surface area contributed by atoms with E-state index in [0.717, 1.165) is 12.0 Å². The molecule has 0 saturated carbocycles. The van der Waals surface area contributed by atoms with Crippen LogP contribution in [0.1, 0.15) is 12.0 Å². The summed E-state index contributed by atoms with van der Waals surface area (Å²) in [5, 5.41) is 11.9. The summed E-state index contributed by atoms with van der Waals surface area (Å²) in [6, 6.07) is 14.7. The molecule has 1 amide bonds. The van der Waals surface area contributed by atoms with Crippen LogP contribution in [0.15, 0.2) is 48.5 Å². The molecule has 3 rings (SSSR count). The van der Waals surface area contributed by atoms with Crippen LogP contribution in [0.25, 0.3) is 0 Å². The van der Waals surface area contributed by atoms with Crippen molar-refractivity contribution in [2.24, 2.45) is 0 Å². The molecule has 0 unspecified atom stereocenters.